The van der Waals surface area contributed by atoms with Gasteiger partial charge in [0.15, 0.2) is 5.82 Å². The van der Waals surface area contributed by atoms with Crippen LogP contribution in [0.4, 0.5) is 5.82 Å². The lowest BCUT2D eigenvalue weighted by Crippen LogP contribution is -2.43. The van der Waals surface area contributed by atoms with Crippen LogP contribution in [-0.2, 0) is 11.3 Å². The second-order valence-corrected chi connectivity index (χ2v) is 9.21. The van der Waals surface area contributed by atoms with Crippen molar-refractivity contribution in [3.05, 3.63) is 77.0 Å². The molecule has 0 unspecified atom stereocenters. The topological polar surface area (TPSA) is 58.1 Å². The van der Waals surface area contributed by atoms with Crippen LogP contribution in [0.5, 0.6) is 0 Å². The van der Waals surface area contributed by atoms with E-state index in [-0.39, 0.29) is 11.8 Å². The predicted molar refractivity (Wildman–Crippen MR) is 124 cm³/mol. The van der Waals surface area contributed by atoms with Gasteiger partial charge in [-0.25, -0.2) is 9.97 Å². The summed E-state index contributed by atoms with van der Waals surface area (Å²) in [5.41, 5.74) is 1.08. The van der Waals surface area contributed by atoms with Crippen molar-refractivity contribution in [3.63, 3.8) is 0 Å². The molecule has 4 rings (SSSR count). The maximum absolute atomic E-state index is 12.8. The molecule has 0 saturated carbocycles. The number of rotatable bonds is 6. The average molecular weight is 483 g/mol. The van der Waals surface area contributed by atoms with Gasteiger partial charge in [-0.2, -0.15) is 0 Å². The van der Waals surface area contributed by atoms with Gasteiger partial charge >= 0.3 is 0 Å². The third-order valence-electron chi connectivity index (χ3n) is 5.05. The highest BCUT2D eigenvalue weighted by molar-refractivity contribution is 9.10. The summed E-state index contributed by atoms with van der Waals surface area (Å²) in [6, 6.07) is 18.2. The molecule has 3 aromatic rings. The van der Waals surface area contributed by atoms with E-state index in [9.17, 15) is 4.79 Å². The van der Waals surface area contributed by atoms with Crippen molar-refractivity contribution >= 4 is 39.4 Å². The van der Waals surface area contributed by atoms with E-state index < -0.39 is 0 Å². The van der Waals surface area contributed by atoms with Gasteiger partial charge in [0.25, 0.3) is 0 Å². The number of halogens is 1. The zero-order chi connectivity index (χ0) is 20.8. The van der Waals surface area contributed by atoms with Crippen molar-refractivity contribution in [2.75, 3.05) is 18.0 Å². The van der Waals surface area contributed by atoms with Crippen LogP contribution in [0.2, 0.25) is 0 Å². The molecule has 1 saturated heterocycles. The first kappa shape index (κ1) is 20.9. The van der Waals surface area contributed by atoms with E-state index in [1.165, 1.54) is 0 Å². The molecule has 154 valence electrons. The number of anilines is 1. The second-order valence-electron chi connectivity index (χ2n) is 7.23. The first-order chi connectivity index (χ1) is 14.7. The van der Waals surface area contributed by atoms with Crippen LogP contribution in [0.1, 0.15) is 18.4 Å². The zero-order valence-electron chi connectivity index (χ0n) is 16.5. The molecule has 0 aliphatic carbocycles. The summed E-state index contributed by atoms with van der Waals surface area (Å²) in [5, 5.41) is 3.97. The molecule has 1 aliphatic rings. The molecule has 2 heterocycles. The van der Waals surface area contributed by atoms with Crippen molar-refractivity contribution in [1.82, 2.24) is 15.3 Å². The number of nitrogens with zero attached hydrogens (tertiary/aromatic N) is 3. The highest BCUT2D eigenvalue weighted by Crippen LogP contribution is 2.33. The highest BCUT2D eigenvalue weighted by Gasteiger charge is 2.28. The van der Waals surface area contributed by atoms with E-state index >= 15 is 0 Å². The first-order valence-electron chi connectivity index (χ1n) is 10.00. The Bertz CT molecular complexity index is 1000. The lowest BCUT2D eigenvalue weighted by atomic mass is 9.97. The minimum atomic E-state index is -0.0533. The van der Waals surface area contributed by atoms with E-state index in [2.05, 4.69) is 48.2 Å². The Hall–Kier alpha value is -2.38. The lowest BCUT2D eigenvalue weighted by Gasteiger charge is -2.33. The average Bonchev–Trinajstić information content (AvgIpc) is 2.79. The zero-order valence-corrected chi connectivity index (χ0v) is 18.9. The van der Waals surface area contributed by atoms with Gasteiger partial charge in [0, 0.05) is 41.4 Å². The summed E-state index contributed by atoms with van der Waals surface area (Å²) >= 11 is 5.08. The van der Waals surface area contributed by atoms with E-state index in [0.717, 1.165) is 45.2 Å². The molecule has 1 fully saturated rings. The Labute approximate surface area is 189 Å². The molecule has 1 aromatic heterocycles. The number of carbonyl (C=O) groups excluding carboxylic acids is 1. The van der Waals surface area contributed by atoms with Crippen molar-refractivity contribution in [2.45, 2.75) is 29.3 Å². The van der Waals surface area contributed by atoms with Crippen molar-refractivity contribution in [1.29, 1.82) is 0 Å². The largest absolute Gasteiger partial charge is 0.354 e. The molecule has 1 atom stereocenters. The number of hydrogen-bond acceptors (Lipinski definition) is 5. The molecule has 0 spiro atoms. The van der Waals surface area contributed by atoms with Gasteiger partial charge < -0.3 is 10.2 Å². The summed E-state index contributed by atoms with van der Waals surface area (Å²) in [7, 11) is 0. The van der Waals surface area contributed by atoms with E-state index in [0.29, 0.717) is 13.1 Å². The molecule has 1 amide bonds. The Morgan fingerprint density at radius 3 is 2.80 bits per heavy atom. The highest BCUT2D eigenvalue weighted by atomic mass is 79.9. The Morgan fingerprint density at radius 2 is 1.97 bits per heavy atom. The van der Waals surface area contributed by atoms with Gasteiger partial charge in [-0.05, 0) is 42.7 Å². The number of hydrogen-bond donors (Lipinski definition) is 1. The van der Waals surface area contributed by atoms with Crippen molar-refractivity contribution < 1.29 is 4.79 Å². The number of benzene rings is 2. The van der Waals surface area contributed by atoms with Crippen LogP contribution in [0.25, 0.3) is 0 Å². The minimum Gasteiger partial charge on any atom is -0.354 e. The maximum atomic E-state index is 12.8. The van der Waals surface area contributed by atoms with Crippen LogP contribution in [0.3, 0.4) is 0 Å². The monoisotopic (exact) mass is 482 g/mol. The summed E-state index contributed by atoms with van der Waals surface area (Å²) < 4.78 is 1.02. The number of piperidine rings is 1. The molecular formula is C23H23BrN4OS. The van der Waals surface area contributed by atoms with Crippen molar-refractivity contribution in [2.24, 2.45) is 5.92 Å². The number of aromatic nitrogens is 2. The molecule has 1 aliphatic heterocycles. The van der Waals surface area contributed by atoms with Crippen LogP contribution in [0.15, 0.2) is 81.4 Å². The van der Waals surface area contributed by atoms with Gasteiger partial charge in [-0.15, -0.1) is 0 Å². The van der Waals surface area contributed by atoms with Gasteiger partial charge in [-0.3, -0.25) is 4.79 Å². The third-order valence-corrected chi connectivity index (χ3v) is 6.53. The molecule has 0 radical (unpaired) electrons. The fourth-order valence-corrected chi connectivity index (χ4v) is 4.92. The van der Waals surface area contributed by atoms with E-state index in [1.54, 1.807) is 24.2 Å². The molecule has 2 aromatic carbocycles. The van der Waals surface area contributed by atoms with E-state index in [1.807, 2.05) is 42.5 Å². The molecular weight excluding hydrogens is 460 g/mol. The summed E-state index contributed by atoms with van der Waals surface area (Å²) in [6.45, 7) is 2.08. The molecule has 30 heavy (non-hydrogen) atoms. The predicted octanol–water partition coefficient (Wildman–Crippen LogP) is 4.92. The maximum Gasteiger partial charge on any atom is 0.225 e. The first-order valence-corrected chi connectivity index (χ1v) is 11.6. The second kappa shape index (κ2) is 10.1. The molecule has 7 heteroatoms. The Kier molecular flexibility index (Phi) is 7.02. The number of amides is 1. The fraction of sp³-hybridized carbons (Fsp3) is 0.261. The Morgan fingerprint density at radius 1 is 1.13 bits per heavy atom. The lowest BCUT2D eigenvalue weighted by molar-refractivity contribution is -0.125. The van der Waals surface area contributed by atoms with Gasteiger partial charge in [-0.1, -0.05) is 58.0 Å². The summed E-state index contributed by atoms with van der Waals surface area (Å²) in [4.78, 5) is 25.3. The third kappa shape index (κ3) is 5.40. The van der Waals surface area contributed by atoms with Crippen LogP contribution >= 0.6 is 27.7 Å². The van der Waals surface area contributed by atoms with E-state index in [4.69, 9.17) is 0 Å². The van der Waals surface area contributed by atoms with Crippen LogP contribution < -0.4 is 10.2 Å². The van der Waals surface area contributed by atoms with Gasteiger partial charge in [0.1, 0.15) is 5.03 Å². The summed E-state index contributed by atoms with van der Waals surface area (Å²) in [5.74, 6) is 0.902. The minimum absolute atomic E-state index is 0.0533. The quantitative estimate of drug-likeness (QED) is 0.539. The molecule has 0 bridgehead atoms. The van der Waals surface area contributed by atoms with Gasteiger partial charge in [0.2, 0.25) is 5.91 Å². The number of nitrogens with one attached hydrogen (secondary N) is 1. The number of carbonyl (C=O) groups is 1. The smallest absolute Gasteiger partial charge is 0.225 e. The SMILES string of the molecule is O=C(NCc1cccc(Br)c1)[C@@H]1CCCN(c2nccnc2Sc2ccccc2)C1. The van der Waals surface area contributed by atoms with Crippen LogP contribution in [0, 0.1) is 5.92 Å². The normalized spacial score (nSPS) is 16.3. The standard InChI is InChI=1S/C23H23BrN4OS/c24-19-8-4-6-17(14-19)15-27-22(29)18-7-5-13-28(16-18)21-23(26-12-11-25-21)30-20-9-2-1-3-10-20/h1-4,6,8-12,14,18H,5,7,13,15-16H2,(H,27,29)/t18-/m1/s1. The molecule has 1 N–H and O–H groups in total. The van der Waals surface area contributed by atoms with Crippen molar-refractivity contribution in [3.8, 4) is 0 Å². The van der Waals surface area contributed by atoms with Crippen LogP contribution in [-0.4, -0.2) is 29.0 Å². The summed E-state index contributed by atoms with van der Waals surface area (Å²) in [6.07, 6.45) is 5.30. The Balaban J connectivity index is 1.42. The fourth-order valence-electron chi connectivity index (χ4n) is 3.57. The molecule has 5 nitrogen and oxygen atoms in total. The van der Waals surface area contributed by atoms with Gasteiger partial charge in [0.05, 0.1) is 5.92 Å².